The highest BCUT2D eigenvalue weighted by atomic mass is 16.5. The van der Waals surface area contributed by atoms with Gasteiger partial charge in [0.25, 0.3) is 0 Å². The molecule has 13 heavy (non-hydrogen) atoms. The summed E-state index contributed by atoms with van der Waals surface area (Å²) in [5, 5.41) is 8.86. The third-order valence-corrected chi connectivity index (χ3v) is 1.98. The van der Waals surface area contributed by atoms with Crippen molar-refractivity contribution >= 4 is 5.97 Å². The predicted molar refractivity (Wildman–Crippen MR) is 46.9 cm³/mol. The highest BCUT2D eigenvalue weighted by molar-refractivity contribution is 5.90. The van der Waals surface area contributed by atoms with E-state index in [9.17, 15) is 4.79 Å². The molecule has 3 heteroatoms. The number of allylic oxidation sites excluding steroid dienone is 1. The van der Waals surface area contributed by atoms with Gasteiger partial charge in [-0.15, -0.1) is 0 Å². The molecule has 0 aromatic heterocycles. The van der Waals surface area contributed by atoms with Crippen LogP contribution in [0.3, 0.4) is 0 Å². The van der Waals surface area contributed by atoms with Crippen LogP contribution in [-0.4, -0.2) is 11.1 Å². The van der Waals surface area contributed by atoms with Crippen molar-refractivity contribution in [2.45, 2.75) is 6.42 Å². The molecule has 0 saturated heterocycles. The van der Waals surface area contributed by atoms with Crippen LogP contribution < -0.4 is 4.74 Å². The molecule has 0 radical (unpaired) electrons. The molecule has 0 bridgehead atoms. The Kier molecular flexibility index (Phi) is 1.77. The third kappa shape index (κ3) is 1.28. The maximum atomic E-state index is 10.8. The van der Waals surface area contributed by atoms with Crippen LogP contribution in [0.25, 0.3) is 0 Å². The molecule has 1 aromatic rings. The van der Waals surface area contributed by atoms with Crippen molar-refractivity contribution in [3.63, 3.8) is 0 Å². The fraction of sp³-hybridized carbons (Fsp3) is 0.100. The first kappa shape index (κ1) is 7.86. The lowest BCUT2D eigenvalue weighted by molar-refractivity contribution is 0.0695. The van der Waals surface area contributed by atoms with Gasteiger partial charge in [0.15, 0.2) is 0 Å². The minimum absolute atomic E-state index is 0.321. The summed E-state index contributed by atoms with van der Waals surface area (Å²) in [6.45, 7) is 0. The van der Waals surface area contributed by atoms with E-state index in [1.165, 1.54) is 0 Å². The van der Waals surface area contributed by atoms with E-state index in [0.29, 0.717) is 17.7 Å². The lowest BCUT2D eigenvalue weighted by atomic mass is 10.0. The largest absolute Gasteiger partial charge is 0.478 e. The van der Waals surface area contributed by atoms with E-state index in [0.717, 1.165) is 5.56 Å². The molecule has 0 fully saturated rings. The molecule has 1 N–H and O–H groups in total. The normalized spacial score (nSPS) is 13.2. The summed E-state index contributed by atoms with van der Waals surface area (Å²) in [6, 6.07) is 5.04. The lowest BCUT2D eigenvalue weighted by Gasteiger charge is -2.13. The van der Waals surface area contributed by atoms with Gasteiger partial charge in [-0.1, -0.05) is 6.07 Å². The number of hydrogen-bond donors (Lipinski definition) is 1. The molecule has 0 spiro atoms. The molecule has 0 amide bonds. The minimum Gasteiger partial charge on any atom is -0.478 e. The Hall–Kier alpha value is -1.77. The summed E-state index contributed by atoms with van der Waals surface area (Å²) < 4.78 is 5.17. The molecular formula is C10H8O3. The highest BCUT2D eigenvalue weighted by Crippen LogP contribution is 2.26. The van der Waals surface area contributed by atoms with Gasteiger partial charge in [0.05, 0.1) is 11.8 Å². The van der Waals surface area contributed by atoms with Gasteiger partial charge >= 0.3 is 5.97 Å². The SMILES string of the molecule is O=C(O)c1cccc2c1CC=CO2. The van der Waals surface area contributed by atoms with Crippen LogP contribution in [0.4, 0.5) is 0 Å². The van der Waals surface area contributed by atoms with E-state index in [1.807, 2.05) is 0 Å². The van der Waals surface area contributed by atoms with E-state index < -0.39 is 5.97 Å². The standard InChI is InChI=1S/C10H8O3/c11-10(12)8-3-1-5-9-7(8)4-2-6-13-9/h1-3,5-6H,4H2,(H,11,12). The van der Waals surface area contributed by atoms with Crippen LogP contribution in [0.5, 0.6) is 5.75 Å². The Labute approximate surface area is 75.3 Å². The van der Waals surface area contributed by atoms with Gasteiger partial charge in [-0.05, 0) is 24.6 Å². The smallest absolute Gasteiger partial charge is 0.336 e. The average Bonchev–Trinajstić information content (AvgIpc) is 2.17. The number of fused-ring (bicyclic) bond motifs is 1. The van der Waals surface area contributed by atoms with Crippen LogP contribution in [0.15, 0.2) is 30.5 Å². The third-order valence-electron chi connectivity index (χ3n) is 1.98. The van der Waals surface area contributed by atoms with E-state index in [-0.39, 0.29) is 0 Å². The second-order valence-electron chi connectivity index (χ2n) is 2.78. The van der Waals surface area contributed by atoms with Crippen LogP contribution in [0.1, 0.15) is 15.9 Å². The molecule has 66 valence electrons. The van der Waals surface area contributed by atoms with Crippen LogP contribution in [-0.2, 0) is 6.42 Å². The summed E-state index contributed by atoms with van der Waals surface area (Å²) in [5.74, 6) is -0.266. The Morgan fingerprint density at radius 2 is 2.31 bits per heavy atom. The second kappa shape index (κ2) is 2.94. The molecule has 0 saturated carbocycles. The van der Waals surface area contributed by atoms with E-state index in [2.05, 4.69) is 0 Å². The fourth-order valence-electron chi connectivity index (χ4n) is 1.37. The average molecular weight is 176 g/mol. The second-order valence-corrected chi connectivity index (χ2v) is 2.78. The van der Waals surface area contributed by atoms with Gasteiger partial charge < -0.3 is 9.84 Å². The van der Waals surface area contributed by atoms with Crippen LogP contribution in [0.2, 0.25) is 0 Å². The number of benzene rings is 1. The number of carboxylic acids is 1. The van der Waals surface area contributed by atoms with E-state index in [4.69, 9.17) is 9.84 Å². The number of ether oxygens (including phenoxy) is 1. The summed E-state index contributed by atoms with van der Waals surface area (Å²) in [4.78, 5) is 10.8. The predicted octanol–water partition coefficient (Wildman–Crippen LogP) is 1.83. The van der Waals surface area contributed by atoms with Gasteiger partial charge in [0.2, 0.25) is 0 Å². The van der Waals surface area contributed by atoms with Gasteiger partial charge in [-0.25, -0.2) is 4.79 Å². The summed E-state index contributed by atoms with van der Waals surface area (Å²) in [5.41, 5.74) is 1.07. The number of hydrogen-bond acceptors (Lipinski definition) is 2. The number of aromatic carboxylic acids is 1. The van der Waals surface area contributed by atoms with Crippen molar-refractivity contribution < 1.29 is 14.6 Å². The van der Waals surface area contributed by atoms with Crippen molar-refractivity contribution in [1.29, 1.82) is 0 Å². The van der Waals surface area contributed by atoms with Crippen molar-refractivity contribution in [2.24, 2.45) is 0 Å². The molecule has 2 rings (SSSR count). The first-order chi connectivity index (χ1) is 6.29. The zero-order chi connectivity index (χ0) is 9.26. The number of rotatable bonds is 1. The maximum absolute atomic E-state index is 10.8. The number of carbonyl (C=O) groups is 1. The summed E-state index contributed by atoms with van der Waals surface area (Å²) in [6.07, 6.45) is 4.00. The quantitative estimate of drug-likeness (QED) is 0.710. The van der Waals surface area contributed by atoms with Gasteiger partial charge in [-0.3, -0.25) is 0 Å². The van der Waals surface area contributed by atoms with Gasteiger partial charge in [0, 0.05) is 5.56 Å². The zero-order valence-corrected chi connectivity index (χ0v) is 6.86. The van der Waals surface area contributed by atoms with E-state index in [1.54, 1.807) is 30.5 Å². The van der Waals surface area contributed by atoms with Crippen molar-refractivity contribution in [2.75, 3.05) is 0 Å². The molecule has 1 heterocycles. The monoisotopic (exact) mass is 176 g/mol. The van der Waals surface area contributed by atoms with Crippen molar-refractivity contribution in [3.8, 4) is 5.75 Å². The Bertz CT molecular complexity index is 380. The molecule has 0 aliphatic carbocycles. The molecular weight excluding hydrogens is 168 g/mol. The van der Waals surface area contributed by atoms with Gasteiger partial charge in [-0.2, -0.15) is 0 Å². The summed E-state index contributed by atoms with van der Waals surface area (Å²) >= 11 is 0. The molecule has 0 unspecified atom stereocenters. The Morgan fingerprint density at radius 3 is 3.08 bits per heavy atom. The molecule has 0 atom stereocenters. The minimum atomic E-state index is -0.907. The van der Waals surface area contributed by atoms with Crippen LogP contribution >= 0.6 is 0 Å². The number of carboxylic acid groups (broad SMARTS) is 1. The maximum Gasteiger partial charge on any atom is 0.336 e. The highest BCUT2D eigenvalue weighted by Gasteiger charge is 2.15. The summed E-state index contributed by atoms with van der Waals surface area (Å²) in [7, 11) is 0. The lowest BCUT2D eigenvalue weighted by Crippen LogP contribution is -2.06. The van der Waals surface area contributed by atoms with Crippen molar-refractivity contribution in [3.05, 3.63) is 41.7 Å². The zero-order valence-electron chi connectivity index (χ0n) is 6.86. The first-order valence-corrected chi connectivity index (χ1v) is 3.96. The fourth-order valence-corrected chi connectivity index (χ4v) is 1.37. The molecule has 1 aromatic carbocycles. The van der Waals surface area contributed by atoms with Crippen LogP contribution in [0, 0.1) is 0 Å². The Morgan fingerprint density at radius 1 is 1.46 bits per heavy atom. The molecule has 1 aliphatic rings. The first-order valence-electron chi connectivity index (χ1n) is 3.96. The van der Waals surface area contributed by atoms with Gasteiger partial charge in [0.1, 0.15) is 5.75 Å². The van der Waals surface area contributed by atoms with Crippen molar-refractivity contribution in [1.82, 2.24) is 0 Å². The molecule has 1 aliphatic heterocycles. The Balaban J connectivity index is 2.55. The topological polar surface area (TPSA) is 46.5 Å². The van der Waals surface area contributed by atoms with E-state index >= 15 is 0 Å². The molecule has 3 nitrogen and oxygen atoms in total.